The zero-order valence-corrected chi connectivity index (χ0v) is 14.4. The van der Waals surface area contributed by atoms with Gasteiger partial charge < -0.3 is 19.7 Å². The van der Waals surface area contributed by atoms with Gasteiger partial charge in [-0.25, -0.2) is 0 Å². The van der Waals surface area contributed by atoms with Crippen molar-refractivity contribution < 1.29 is 19.7 Å². The molecular weight excluding hydrogens is 302 g/mol. The van der Waals surface area contributed by atoms with Gasteiger partial charge in [-0.05, 0) is 40.7 Å². The molecule has 0 unspecified atom stereocenters. The molecule has 2 aromatic rings. The number of hydrogen-bond acceptors (Lipinski definition) is 6. The zero-order valence-electron chi connectivity index (χ0n) is 13.6. The topological polar surface area (TPSA) is 71.8 Å². The van der Waals surface area contributed by atoms with Gasteiger partial charge in [-0.15, -0.1) is 0 Å². The standard InChI is InChI=1S/C16H23NO4S/c1-9(2)20-15-17-13-12(21-16(3,4)5)7-6-10(11(19)8-18)14(13)22-15/h6-7,9,11,18-19H,8H2,1-5H3/t11-/m0/s1. The molecule has 0 radical (unpaired) electrons. The molecule has 122 valence electrons. The third kappa shape index (κ3) is 3.88. The summed E-state index contributed by atoms with van der Waals surface area (Å²) in [5.41, 5.74) is 0.933. The van der Waals surface area contributed by atoms with E-state index < -0.39 is 6.10 Å². The second kappa shape index (κ2) is 6.40. The van der Waals surface area contributed by atoms with Crippen LogP contribution in [0.5, 0.6) is 10.9 Å². The van der Waals surface area contributed by atoms with E-state index in [9.17, 15) is 10.2 Å². The fraction of sp³-hybridized carbons (Fsp3) is 0.562. The minimum absolute atomic E-state index is 0.0127. The number of ether oxygens (including phenoxy) is 2. The highest BCUT2D eigenvalue weighted by Crippen LogP contribution is 2.39. The van der Waals surface area contributed by atoms with E-state index in [1.807, 2.05) is 34.6 Å². The van der Waals surface area contributed by atoms with Gasteiger partial charge in [0, 0.05) is 5.56 Å². The van der Waals surface area contributed by atoms with Crippen molar-refractivity contribution >= 4 is 21.6 Å². The lowest BCUT2D eigenvalue weighted by Crippen LogP contribution is -2.23. The largest absolute Gasteiger partial charge is 0.486 e. The van der Waals surface area contributed by atoms with E-state index >= 15 is 0 Å². The normalized spacial score (nSPS) is 13.6. The summed E-state index contributed by atoms with van der Waals surface area (Å²) in [5, 5.41) is 19.7. The number of thiazole rings is 1. The van der Waals surface area contributed by atoms with E-state index in [1.165, 1.54) is 11.3 Å². The lowest BCUT2D eigenvalue weighted by Gasteiger charge is -2.22. The average molecular weight is 325 g/mol. The van der Waals surface area contributed by atoms with Gasteiger partial charge in [-0.2, -0.15) is 4.98 Å². The predicted octanol–water partition coefficient (Wildman–Crippen LogP) is 3.29. The first-order valence-electron chi connectivity index (χ1n) is 7.29. The van der Waals surface area contributed by atoms with Crippen molar-refractivity contribution in [2.75, 3.05) is 6.61 Å². The zero-order chi connectivity index (χ0) is 16.5. The summed E-state index contributed by atoms with van der Waals surface area (Å²) in [6, 6.07) is 3.54. The van der Waals surface area contributed by atoms with Gasteiger partial charge in [-0.3, -0.25) is 0 Å². The van der Waals surface area contributed by atoms with Crippen LogP contribution in [0.3, 0.4) is 0 Å². The molecule has 0 fully saturated rings. The Kier molecular flexibility index (Phi) is 4.94. The minimum Gasteiger partial charge on any atom is -0.486 e. The predicted molar refractivity (Wildman–Crippen MR) is 87.8 cm³/mol. The molecule has 0 amide bonds. The molecule has 0 bridgehead atoms. The first-order valence-corrected chi connectivity index (χ1v) is 8.11. The van der Waals surface area contributed by atoms with Crippen molar-refractivity contribution in [2.24, 2.45) is 0 Å². The van der Waals surface area contributed by atoms with Crippen LogP contribution in [-0.2, 0) is 0 Å². The molecule has 5 nitrogen and oxygen atoms in total. The highest BCUT2D eigenvalue weighted by atomic mass is 32.1. The van der Waals surface area contributed by atoms with Crippen LogP contribution < -0.4 is 9.47 Å². The molecule has 1 atom stereocenters. The Morgan fingerprint density at radius 2 is 1.95 bits per heavy atom. The first kappa shape index (κ1) is 17.0. The fourth-order valence-electron chi connectivity index (χ4n) is 2.01. The van der Waals surface area contributed by atoms with Gasteiger partial charge in [0.1, 0.15) is 23.0 Å². The summed E-state index contributed by atoms with van der Waals surface area (Å²) >= 11 is 1.35. The monoisotopic (exact) mass is 325 g/mol. The number of aliphatic hydroxyl groups excluding tert-OH is 2. The van der Waals surface area contributed by atoms with Crippen LogP contribution >= 0.6 is 11.3 Å². The van der Waals surface area contributed by atoms with Gasteiger partial charge in [0.25, 0.3) is 5.19 Å². The maximum absolute atomic E-state index is 9.99. The van der Waals surface area contributed by atoms with E-state index in [4.69, 9.17) is 9.47 Å². The lowest BCUT2D eigenvalue weighted by atomic mass is 10.1. The Balaban J connectivity index is 2.56. The van der Waals surface area contributed by atoms with Gasteiger partial charge in [0.2, 0.25) is 0 Å². The number of hydrogen-bond donors (Lipinski definition) is 2. The number of aromatic nitrogens is 1. The van der Waals surface area contributed by atoms with Crippen molar-refractivity contribution in [3.8, 4) is 10.9 Å². The first-order chi connectivity index (χ1) is 10.2. The summed E-state index contributed by atoms with van der Waals surface area (Å²) in [5.74, 6) is 0.645. The summed E-state index contributed by atoms with van der Waals surface area (Å²) in [6.07, 6.45) is -0.933. The molecule has 0 saturated heterocycles. The molecule has 6 heteroatoms. The number of benzene rings is 1. The van der Waals surface area contributed by atoms with Gasteiger partial charge >= 0.3 is 0 Å². The Morgan fingerprint density at radius 3 is 2.50 bits per heavy atom. The number of rotatable bonds is 5. The Bertz CT molecular complexity index is 645. The molecule has 0 aliphatic rings. The van der Waals surface area contributed by atoms with Crippen molar-refractivity contribution in [2.45, 2.75) is 52.4 Å². The number of nitrogens with zero attached hydrogens (tertiary/aromatic N) is 1. The summed E-state index contributed by atoms with van der Waals surface area (Å²) < 4.78 is 12.4. The van der Waals surface area contributed by atoms with Crippen molar-refractivity contribution in [3.63, 3.8) is 0 Å². The van der Waals surface area contributed by atoms with Crippen LogP contribution in [0.4, 0.5) is 0 Å². The molecule has 2 N–H and O–H groups in total. The van der Waals surface area contributed by atoms with Crippen molar-refractivity contribution in [1.29, 1.82) is 0 Å². The SMILES string of the molecule is CC(C)Oc1nc2c(OC(C)(C)C)ccc([C@@H](O)CO)c2s1. The molecule has 2 rings (SSSR count). The lowest BCUT2D eigenvalue weighted by molar-refractivity contribution is 0.0966. The van der Waals surface area contributed by atoms with Crippen LogP contribution in [0.25, 0.3) is 10.2 Å². The maximum atomic E-state index is 9.99. The van der Waals surface area contributed by atoms with Crippen molar-refractivity contribution in [1.82, 2.24) is 4.98 Å². The molecule has 0 aliphatic carbocycles. The smallest absolute Gasteiger partial charge is 0.274 e. The average Bonchev–Trinajstić information content (AvgIpc) is 2.79. The summed E-state index contributed by atoms with van der Waals surface area (Å²) in [7, 11) is 0. The maximum Gasteiger partial charge on any atom is 0.274 e. The quantitative estimate of drug-likeness (QED) is 0.882. The Labute approximate surface area is 134 Å². The second-order valence-corrected chi connectivity index (χ2v) is 7.35. The third-order valence-corrected chi connectivity index (χ3v) is 3.80. The minimum atomic E-state index is -0.946. The van der Waals surface area contributed by atoms with Gasteiger partial charge in [0.05, 0.1) is 17.4 Å². The van der Waals surface area contributed by atoms with Crippen LogP contribution in [0.1, 0.15) is 46.3 Å². The Morgan fingerprint density at radius 1 is 1.27 bits per heavy atom. The third-order valence-electron chi connectivity index (χ3n) is 2.80. The van der Waals surface area contributed by atoms with E-state index in [2.05, 4.69) is 4.98 Å². The van der Waals surface area contributed by atoms with Crippen molar-refractivity contribution in [3.05, 3.63) is 17.7 Å². The number of aliphatic hydroxyl groups is 2. The van der Waals surface area contributed by atoms with Crippen LogP contribution in [-0.4, -0.2) is 33.5 Å². The molecule has 0 aliphatic heterocycles. The molecule has 0 saturated carbocycles. The molecular formula is C16H23NO4S. The molecule has 1 aromatic heterocycles. The van der Waals surface area contributed by atoms with E-state index in [0.717, 1.165) is 4.70 Å². The van der Waals surface area contributed by atoms with E-state index in [0.29, 0.717) is 22.0 Å². The molecule has 22 heavy (non-hydrogen) atoms. The summed E-state index contributed by atoms with van der Waals surface area (Å²) in [6.45, 7) is 9.42. The second-order valence-electron chi connectivity index (χ2n) is 6.39. The molecule has 0 spiro atoms. The van der Waals surface area contributed by atoms with Gasteiger partial charge in [-0.1, -0.05) is 17.4 Å². The van der Waals surface area contributed by atoms with Crippen LogP contribution in [0.15, 0.2) is 12.1 Å². The van der Waals surface area contributed by atoms with E-state index in [-0.39, 0.29) is 18.3 Å². The Hall–Kier alpha value is -1.37. The van der Waals surface area contributed by atoms with E-state index in [1.54, 1.807) is 12.1 Å². The molecule has 1 heterocycles. The highest BCUT2D eigenvalue weighted by Gasteiger charge is 2.21. The van der Waals surface area contributed by atoms with Gasteiger partial charge in [0.15, 0.2) is 0 Å². The number of fused-ring (bicyclic) bond motifs is 1. The van der Waals surface area contributed by atoms with Crippen LogP contribution in [0, 0.1) is 0 Å². The molecule has 1 aromatic carbocycles. The highest BCUT2D eigenvalue weighted by molar-refractivity contribution is 7.20. The van der Waals surface area contributed by atoms with Crippen LogP contribution in [0.2, 0.25) is 0 Å². The summed E-state index contributed by atoms with van der Waals surface area (Å²) in [4.78, 5) is 4.49. The fourth-order valence-corrected chi connectivity index (χ4v) is 3.13.